The lowest BCUT2D eigenvalue weighted by molar-refractivity contribution is -0.274. The maximum absolute atomic E-state index is 12.1. The highest BCUT2D eigenvalue weighted by Crippen LogP contribution is 2.25. The van der Waals surface area contributed by atoms with Gasteiger partial charge in [0.2, 0.25) is 5.91 Å². The van der Waals surface area contributed by atoms with E-state index in [-0.39, 0.29) is 23.5 Å². The molecule has 1 unspecified atom stereocenters. The molecule has 0 bridgehead atoms. The third-order valence-electron chi connectivity index (χ3n) is 3.44. The number of aryl methyl sites for hydroxylation is 1. The lowest BCUT2D eigenvalue weighted by Gasteiger charge is -2.15. The molecule has 25 heavy (non-hydrogen) atoms. The molecule has 1 N–H and O–H groups in total. The Balaban J connectivity index is 1.87. The average Bonchev–Trinajstić information content (AvgIpc) is 2.53. The van der Waals surface area contributed by atoms with Gasteiger partial charge in [0.05, 0.1) is 11.8 Å². The largest absolute Gasteiger partial charge is 0.573 e. The van der Waals surface area contributed by atoms with E-state index < -0.39 is 6.36 Å². The van der Waals surface area contributed by atoms with Gasteiger partial charge in [-0.3, -0.25) is 4.79 Å². The predicted octanol–water partition coefficient (Wildman–Crippen LogP) is 4.86. The summed E-state index contributed by atoms with van der Waals surface area (Å²) in [5.41, 5.74) is 1.80. The molecule has 0 fully saturated rings. The van der Waals surface area contributed by atoms with Gasteiger partial charge >= 0.3 is 6.36 Å². The Morgan fingerprint density at radius 1 is 1.16 bits per heavy atom. The summed E-state index contributed by atoms with van der Waals surface area (Å²) in [5, 5.41) is 2.83. The zero-order valence-electron chi connectivity index (χ0n) is 13.8. The van der Waals surface area contributed by atoms with E-state index in [0.29, 0.717) is 5.56 Å². The summed E-state index contributed by atoms with van der Waals surface area (Å²) in [6, 6.07) is 12.9. The van der Waals surface area contributed by atoms with E-state index in [1.807, 2.05) is 31.2 Å². The standard InChI is InChI=1S/C18H18F3NO2S/c1-12-5-3-4-6-16(12)25-11-17(23)22-13(2)14-7-9-15(10-8-14)24-18(19,20)21/h3-10,13H,11H2,1-2H3,(H,22,23). The summed E-state index contributed by atoms with van der Waals surface area (Å²) in [5.74, 6) is -0.161. The van der Waals surface area contributed by atoms with Crippen LogP contribution in [0.1, 0.15) is 24.1 Å². The van der Waals surface area contributed by atoms with Crippen LogP contribution in [0.3, 0.4) is 0 Å². The van der Waals surface area contributed by atoms with E-state index in [1.54, 1.807) is 6.92 Å². The van der Waals surface area contributed by atoms with E-state index >= 15 is 0 Å². The number of thioether (sulfide) groups is 1. The molecule has 7 heteroatoms. The fraction of sp³-hybridized carbons (Fsp3) is 0.278. The lowest BCUT2D eigenvalue weighted by Crippen LogP contribution is -2.28. The molecule has 0 aliphatic rings. The van der Waals surface area contributed by atoms with Crippen LogP contribution in [0.25, 0.3) is 0 Å². The molecule has 2 aromatic carbocycles. The van der Waals surface area contributed by atoms with Crippen LogP contribution in [-0.4, -0.2) is 18.0 Å². The van der Waals surface area contributed by atoms with Gasteiger partial charge in [0.1, 0.15) is 5.75 Å². The van der Waals surface area contributed by atoms with Crippen LogP contribution < -0.4 is 10.1 Å². The fourth-order valence-electron chi connectivity index (χ4n) is 2.19. The molecule has 1 atom stereocenters. The number of halogens is 3. The van der Waals surface area contributed by atoms with Crippen molar-refractivity contribution in [3.05, 3.63) is 59.7 Å². The molecule has 0 heterocycles. The van der Waals surface area contributed by atoms with Crippen LogP contribution in [0.15, 0.2) is 53.4 Å². The summed E-state index contributed by atoms with van der Waals surface area (Å²) in [6.45, 7) is 3.75. The molecule has 1 amide bonds. The van der Waals surface area contributed by atoms with Crippen molar-refractivity contribution in [2.45, 2.75) is 31.1 Å². The quantitative estimate of drug-likeness (QED) is 0.739. The van der Waals surface area contributed by atoms with Crippen molar-refractivity contribution < 1.29 is 22.7 Å². The third kappa shape index (κ3) is 6.34. The molecule has 0 saturated carbocycles. The monoisotopic (exact) mass is 369 g/mol. The minimum atomic E-state index is -4.71. The highest BCUT2D eigenvalue weighted by molar-refractivity contribution is 8.00. The van der Waals surface area contributed by atoms with Crippen molar-refractivity contribution in [2.75, 3.05) is 5.75 Å². The Morgan fingerprint density at radius 2 is 1.80 bits per heavy atom. The van der Waals surface area contributed by atoms with Crippen molar-refractivity contribution in [1.82, 2.24) is 5.32 Å². The van der Waals surface area contributed by atoms with Gasteiger partial charge in [-0.25, -0.2) is 0 Å². The number of hydrogen-bond acceptors (Lipinski definition) is 3. The topological polar surface area (TPSA) is 38.3 Å². The maximum atomic E-state index is 12.1. The summed E-state index contributed by atoms with van der Waals surface area (Å²) in [7, 11) is 0. The molecular weight excluding hydrogens is 351 g/mol. The van der Waals surface area contributed by atoms with E-state index in [0.717, 1.165) is 10.5 Å². The number of carbonyl (C=O) groups excluding carboxylic acids is 1. The van der Waals surface area contributed by atoms with Gasteiger partial charge in [-0.2, -0.15) is 0 Å². The lowest BCUT2D eigenvalue weighted by atomic mass is 10.1. The second-order valence-corrected chi connectivity index (χ2v) is 6.48. The molecule has 2 rings (SSSR count). The van der Waals surface area contributed by atoms with Crippen molar-refractivity contribution >= 4 is 17.7 Å². The van der Waals surface area contributed by atoms with Crippen molar-refractivity contribution in [1.29, 1.82) is 0 Å². The summed E-state index contributed by atoms with van der Waals surface area (Å²) in [4.78, 5) is 13.1. The molecule has 0 saturated heterocycles. The number of alkyl halides is 3. The van der Waals surface area contributed by atoms with E-state index in [2.05, 4.69) is 10.1 Å². The Hall–Kier alpha value is -2.15. The van der Waals surface area contributed by atoms with Crippen molar-refractivity contribution in [2.24, 2.45) is 0 Å². The van der Waals surface area contributed by atoms with E-state index in [4.69, 9.17) is 0 Å². The first-order valence-corrected chi connectivity index (χ1v) is 8.56. The number of rotatable bonds is 6. The normalized spacial score (nSPS) is 12.5. The van der Waals surface area contributed by atoms with Gasteiger partial charge in [-0.1, -0.05) is 30.3 Å². The molecule has 0 aliphatic carbocycles. The Labute approximate surface area is 148 Å². The fourth-order valence-corrected chi connectivity index (χ4v) is 3.03. The molecule has 0 spiro atoms. The summed E-state index contributed by atoms with van der Waals surface area (Å²) in [6.07, 6.45) is -4.71. The van der Waals surface area contributed by atoms with Gasteiger partial charge in [-0.15, -0.1) is 24.9 Å². The van der Waals surface area contributed by atoms with Gasteiger partial charge in [0, 0.05) is 4.90 Å². The molecule has 0 aromatic heterocycles. The minimum absolute atomic E-state index is 0.142. The Bertz CT molecular complexity index is 717. The highest BCUT2D eigenvalue weighted by Gasteiger charge is 2.31. The minimum Gasteiger partial charge on any atom is -0.406 e. The number of nitrogens with one attached hydrogen (secondary N) is 1. The molecule has 0 aliphatic heterocycles. The van der Waals surface area contributed by atoms with Gasteiger partial charge in [-0.05, 0) is 43.2 Å². The van der Waals surface area contributed by atoms with Crippen LogP contribution in [0.5, 0.6) is 5.75 Å². The number of ether oxygens (including phenoxy) is 1. The van der Waals surface area contributed by atoms with Crippen LogP contribution in [0, 0.1) is 6.92 Å². The Morgan fingerprint density at radius 3 is 2.40 bits per heavy atom. The second-order valence-electron chi connectivity index (χ2n) is 5.46. The second kappa shape index (κ2) is 8.29. The highest BCUT2D eigenvalue weighted by atomic mass is 32.2. The molecule has 2 aromatic rings. The number of carbonyl (C=O) groups is 1. The zero-order chi connectivity index (χ0) is 18.4. The molecule has 3 nitrogen and oxygen atoms in total. The first kappa shape index (κ1) is 19.2. The molecular formula is C18H18F3NO2S. The average molecular weight is 369 g/mol. The molecule has 134 valence electrons. The van der Waals surface area contributed by atoms with Gasteiger partial charge in [0.15, 0.2) is 0 Å². The Kier molecular flexibility index (Phi) is 6.36. The third-order valence-corrected chi connectivity index (χ3v) is 4.62. The summed E-state index contributed by atoms with van der Waals surface area (Å²) >= 11 is 1.44. The molecule has 0 radical (unpaired) electrons. The first-order chi connectivity index (χ1) is 11.7. The van der Waals surface area contributed by atoms with Crippen LogP contribution in [0.4, 0.5) is 13.2 Å². The van der Waals surface area contributed by atoms with E-state index in [1.165, 1.54) is 36.0 Å². The SMILES string of the molecule is Cc1ccccc1SCC(=O)NC(C)c1ccc(OC(F)(F)F)cc1. The van der Waals surface area contributed by atoms with Crippen molar-refractivity contribution in [3.63, 3.8) is 0 Å². The van der Waals surface area contributed by atoms with Crippen molar-refractivity contribution in [3.8, 4) is 5.75 Å². The zero-order valence-corrected chi connectivity index (χ0v) is 14.6. The van der Waals surface area contributed by atoms with E-state index in [9.17, 15) is 18.0 Å². The van der Waals surface area contributed by atoms with Crippen LogP contribution in [0.2, 0.25) is 0 Å². The van der Waals surface area contributed by atoms with Gasteiger partial charge < -0.3 is 10.1 Å². The number of hydrogen-bond donors (Lipinski definition) is 1. The van der Waals surface area contributed by atoms with Crippen LogP contribution >= 0.6 is 11.8 Å². The maximum Gasteiger partial charge on any atom is 0.573 e. The summed E-state index contributed by atoms with van der Waals surface area (Å²) < 4.78 is 40.3. The number of amides is 1. The van der Waals surface area contributed by atoms with Gasteiger partial charge in [0.25, 0.3) is 0 Å². The first-order valence-electron chi connectivity index (χ1n) is 7.58. The van der Waals surface area contributed by atoms with Crippen LogP contribution in [-0.2, 0) is 4.79 Å². The predicted molar refractivity (Wildman–Crippen MR) is 91.6 cm³/mol. The number of benzene rings is 2. The smallest absolute Gasteiger partial charge is 0.406 e.